The van der Waals surface area contributed by atoms with Crippen LogP contribution in [0.15, 0.2) is 12.1 Å². The Morgan fingerprint density at radius 2 is 1.90 bits per heavy atom. The molecule has 7 nitrogen and oxygen atoms in total. The lowest BCUT2D eigenvalue weighted by atomic mass is 10.2. The summed E-state index contributed by atoms with van der Waals surface area (Å²) in [6.07, 6.45) is 0.519. The number of carbonyl (C=O) groups is 3. The van der Waals surface area contributed by atoms with Crippen molar-refractivity contribution in [1.82, 2.24) is 5.32 Å². The Bertz CT molecular complexity index is 578. The van der Waals surface area contributed by atoms with E-state index < -0.39 is 17.9 Å². The first kappa shape index (κ1) is 17.1. The van der Waals surface area contributed by atoms with Gasteiger partial charge < -0.3 is 21.5 Å². The van der Waals surface area contributed by atoms with Crippen molar-refractivity contribution in [3.8, 4) is 0 Å². The smallest absolute Gasteiger partial charge is 0.337 e. The molecule has 0 aliphatic rings. The summed E-state index contributed by atoms with van der Waals surface area (Å²) in [6, 6.07) is 1.85. The maximum atomic E-state index is 11.6. The van der Waals surface area contributed by atoms with Crippen LogP contribution in [-0.2, 0) is 4.79 Å². The number of halogens is 2. The Balaban J connectivity index is 2.72. The summed E-state index contributed by atoms with van der Waals surface area (Å²) in [6.45, 7) is 0.211. The molecular weight excluding hydrogens is 321 g/mol. The summed E-state index contributed by atoms with van der Waals surface area (Å²) in [7, 11) is 0. The lowest BCUT2D eigenvalue weighted by Crippen LogP contribution is -2.31. The quantitative estimate of drug-likeness (QED) is 0.595. The lowest BCUT2D eigenvalue weighted by Gasteiger charge is -2.12. The standard InChI is InChI=1S/C12H13Cl2N3O4/c13-6-4-7(11(19)20)10(8(14)5-6)17-12(21)16-3-1-2-9(15)18/h4-5H,1-3H2,(H2,15,18)(H,19,20)(H2,16,17,21). The summed E-state index contributed by atoms with van der Waals surface area (Å²) < 4.78 is 0. The van der Waals surface area contributed by atoms with Crippen molar-refractivity contribution in [2.45, 2.75) is 12.8 Å². The number of aromatic carboxylic acids is 1. The fourth-order valence-corrected chi connectivity index (χ4v) is 2.03. The largest absolute Gasteiger partial charge is 0.478 e. The van der Waals surface area contributed by atoms with Crippen molar-refractivity contribution in [2.24, 2.45) is 5.73 Å². The number of hydrogen-bond donors (Lipinski definition) is 4. The van der Waals surface area contributed by atoms with Crippen LogP contribution in [-0.4, -0.2) is 29.6 Å². The molecule has 0 heterocycles. The van der Waals surface area contributed by atoms with Crippen LogP contribution in [0.5, 0.6) is 0 Å². The van der Waals surface area contributed by atoms with Crippen LogP contribution >= 0.6 is 23.2 Å². The van der Waals surface area contributed by atoms with Gasteiger partial charge in [-0.05, 0) is 18.6 Å². The number of carboxylic acids is 1. The molecule has 3 amide bonds. The van der Waals surface area contributed by atoms with E-state index in [0.29, 0.717) is 6.42 Å². The zero-order chi connectivity index (χ0) is 16.0. The zero-order valence-electron chi connectivity index (χ0n) is 10.8. The maximum absolute atomic E-state index is 11.6. The number of hydrogen-bond acceptors (Lipinski definition) is 3. The first-order valence-electron chi connectivity index (χ1n) is 5.86. The van der Waals surface area contributed by atoms with Gasteiger partial charge in [-0.2, -0.15) is 0 Å². The van der Waals surface area contributed by atoms with E-state index in [1.54, 1.807) is 0 Å². The van der Waals surface area contributed by atoms with Crippen LogP contribution < -0.4 is 16.4 Å². The van der Waals surface area contributed by atoms with Crippen molar-refractivity contribution in [2.75, 3.05) is 11.9 Å². The number of carboxylic acid groups (broad SMARTS) is 1. The number of nitrogens with two attached hydrogens (primary N) is 1. The van der Waals surface area contributed by atoms with Gasteiger partial charge in [0.2, 0.25) is 5.91 Å². The molecule has 0 radical (unpaired) electrons. The van der Waals surface area contributed by atoms with Crippen LogP contribution in [0.2, 0.25) is 10.0 Å². The molecular formula is C12H13Cl2N3O4. The van der Waals surface area contributed by atoms with E-state index in [2.05, 4.69) is 10.6 Å². The molecule has 0 atom stereocenters. The second-order valence-corrected chi connectivity index (χ2v) is 4.91. The molecule has 0 saturated carbocycles. The molecule has 114 valence electrons. The number of benzene rings is 1. The highest BCUT2D eigenvalue weighted by Gasteiger charge is 2.17. The fourth-order valence-electron chi connectivity index (χ4n) is 1.49. The molecule has 0 bridgehead atoms. The Hall–Kier alpha value is -1.99. The van der Waals surface area contributed by atoms with E-state index in [9.17, 15) is 14.4 Å². The third-order valence-electron chi connectivity index (χ3n) is 2.41. The number of anilines is 1. The van der Waals surface area contributed by atoms with Crippen LogP contribution in [0, 0.1) is 0 Å². The van der Waals surface area contributed by atoms with Gasteiger partial charge in [-0.3, -0.25) is 4.79 Å². The van der Waals surface area contributed by atoms with Gasteiger partial charge in [-0.15, -0.1) is 0 Å². The number of carbonyl (C=O) groups excluding carboxylic acids is 2. The highest BCUT2D eigenvalue weighted by Crippen LogP contribution is 2.30. The van der Waals surface area contributed by atoms with Gasteiger partial charge in [0, 0.05) is 18.0 Å². The van der Waals surface area contributed by atoms with Crippen LogP contribution in [0.4, 0.5) is 10.5 Å². The first-order chi connectivity index (χ1) is 9.81. The second-order valence-electron chi connectivity index (χ2n) is 4.07. The van der Waals surface area contributed by atoms with Crippen LogP contribution in [0.3, 0.4) is 0 Å². The van der Waals surface area contributed by atoms with Crippen LogP contribution in [0.1, 0.15) is 23.2 Å². The number of nitrogens with one attached hydrogen (secondary N) is 2. The van der Waals surface area contributed by atoms with Gasteiger partial charge in [0.05, 0.1) is 16.3 Å². The van der Waals surface area contributed by atoms with E-state index in [1.165, 1.54) is 12.1 Å². The molecule has 0 saturated heterocycles. The van der Waals surface area contributed by atoms with E-state index >= 15 is 0 Å². The first-order valence-corrected chi connectivity index (χ1v) is 6.62. The summed E-state index contributed by atoms with van der Waals surface area (Å²) in [4.78, 5) is 33.3. The third-order valence-corrected chi connectivity index (χ3v) is 2.93. The van der Waals surface area contributed by atoms with Gasteiger partial charge in [-0.25, -0.2) is 9.59 Å². The van der Waals surface area contributed by atoms with E-state index in [0.717, 1.165) is 0 Å². The van der Waals surface area contributed by atoms with Gasteiger partial charge in [0.1, 0.15) is 0 Å². The molecule has 1 aromatic rings. The highest BCUT2D eigenvalue weighted by molar-refractivity contribution is 6.37. The molecule has 0 spiro atoms. The molecule has 1 aromatic carbocycles. The second kappa shape index (κ2) is 7.70. The van der Waals surface area contributed by atoms with Crippen molar-refractivity contribution in [3.63, 3.8) is 0 Å². The van der Waals surface area contributed by atoms with E-state index in [1.807, 2.05) is 0 Å². The normalized spacial score (nSPS) is 10.0. The van der Waals surface area contributed by atoms with Crippen molar-refractivity contribution in [1.29, 1.82) is 0 Å². The van der Waals surface area contributed by atoms with Crippen molar-refractivity contribution >= 4 is 46.8 Å². The highest BCUT2D eigenvalue weighted by atomic mass is 35.5. The Kier molecular flexibility index (Phi) is 6.26. The molecule has 0 aliphatic heterocycles. The minimum atomic E-state index is -1.27. The maximum Gasteiger partial charge on any atom is 0.337 e. The van der Waals surface area contributed by atoms with Gasteiger partial charge in [-0.1, -0.05) is 23.2 Å². The van der Waals surface area contributed by atoms with E-state index in [4.69, 9.17) is 34.0 Å². The Labute approximate surface area is 130 Å². The number of amides is 3. The van der Waals surface area contributed by atoms with Gasteiger partial charge in [0.25, 0.3) is 0 Å². The summed E-state index contributed by atoms with van der Waals surface area (Å²) >= 11 is 11.6. The fraction of sp³-hybridized carbons (Fsp3) is 0.250. The molecule has 0 aromatic heterocycles. The molecule has 0 fully saturated rings. The number of urea groups is 1. The Morgan fingerprint density at radius 3 is 2.48 bits per heavy atom. The minimum absolute atomic E-state index is 0.00665. The topological polar surface area (TPSA) is 122 Å². The van der Waals surface area contributed by atoms with Crippen molar-refractivity contribution in [3.05, 3.63) is 27.7 Å². The predicted molar refractivity (Wildman–Crippen MR) is 78.9 cm³/mol. The monoisotopic (exact) mass is 333 g/mol. The molecule has 0 unspecified atom stereocenters. The average molecular weight is 334 g/mol. The molecule has 5 N–H and O–H groups in total. The number of rotatable bonds is 6. The van der Waals surface area contributed by atoms with Gasteiger partial charge >= 0.3 is 12.0 Å². The summed E-state index contributed by atoms with van der Waals surface area (Å²) in [5.41, 5.74) is 4.68. The molecule has 0 aliphatic carbocycles. The molecule has 9 heteroatoms. The summed E-state index contributed by atoms with van der Waals surface area (Å²) in [5.74, 6) is -1.74. The van der Waals surface area contributed by atoms with E-state index in [-0.39, 0.29) is 34.3 Å². The van der Waals surface area contributed by atoms with Crippen molar-refractivity contribution < 1.29 is 19.5 Å². The lowest BCUT2D eigenvalue weighted by molar-refractivity contribution is -0.118. The molecule has 21 heavy (non-hydrogen) atoms. The molecule has 1 rings (SSSR count). The predicted octanol–water partition coefficient (Wildman–Crippen LogP) is 2.08. The minimum Gasteiger partial charge on any atom is -0.478 e. The van der Waals surface area contributed by atoms with Crippen LogP contribution in [0.25, 0.3) is 0 Å². The van der Waals surface area contributed by atoms with Gasteiger partial charge in [0.15, 0.2) is 0 Å². The average Bonchev–Trinajstić information content (AvgIpc) is 2.37. The zero-order valence-corrected chi connectivity index (χ0v) is 12.3. The Morgan fingerprint density at radius 1 is 1.24 bits per heavy atom. The SMILES string of the molecule is NC(=O)CCCNC(=O)Nc1c(Cl)cc(Cl)cc1C(=O)O. The summed E-state index contributed by atoms with van der Waals surface area (Å²) in [5, 5.41) is 14.0. The third kappa shape index (κ3) is 5.49. The number of primary amides is 1.